The van der Waals surface area contributed by atoms with Gasteiger partial charge in [0.25, 0.3) is 0 Å². The van der Waals surface area contributed by atoms with Crippen LogP contribution in [0.25, 0.3) is 11.1 Å². The van der Waals surface area contributed by atoms with E-state index in [-0.39, 0.29) is 11.8 Å². The van der Waals surface area contributed by atoms with Crippen molar-refractivity contribution < 1.29 is 9.18 Å². The summed E-state index contributed by atoms with van der Waals surface area (Å²) in [5.74, 6) is 1.12. The van der Waals surface area contributed by atoms with Crippen molar-refractivity contribution >= 4 is 17.4 Å². The second kappa shape index (κ2) is 5.26. The number of carbonyl (C=O) groups excluding carboxylic acids is 1. The number of halogens is 1. The summed E-state index contributed by atoms with van der Waals surface area (Å²) in [5, 5.41) is 2.90. The Balaban J connectivity index is 1.54. The largest absolute Gasteiger partial charge is 0.397 e. The van der Waals surface area contributed by atoms with Crippen LogP contribution in [0.1, 0.15) is 6.42 Å². The molecule has 118 valence electrons. The number of nitrogens with zero attached hydrogens (tertiary/aromatic N) is 1. The predicted octanol–water partition coefficient (Wildman–Crippen LogP) is 3.56. The summed E-state index contributed by atoms with van der Waals surface area (Å²) in [6, 6.07) is 11.6. The standard InChI is InChI=1S/C18H18FN3O/c19-15-4-1-11(2-5-15)12-3-6-16(20)17(8-12)21-18(23)22-9-13-7-14(13)10-22/h1-6,8,13-14H,7,9-10,20H2,(H,21,23). The Morgan fingerprint density at radius 1 is 1.09 bits per heavy atom. The number of fused-ring (bicyclic) bond motifs is 1. The molecule has 1 saturated heterocycles. The molecule has 0 spiro atoms. The summed E-state index contributed by atoms with van der Waals surface area (Å²) in [7, 11) is 0. The summed E-state index contributed by atoms with van der Waals surface area (Å²) in [6.07, 6.45) is 1.26. The summed E-state index contributed by atoms with van der Waals surface area (Å²) >= 11 is 0. The molecule has 2 aliphatic rings. The number of benzene rings is 2. The van der Waals surface area contributed by atoms with Crippen LogP contribution in [0.15, 0.2) is 42.5 Å². The smallest absolute Gasteiger partial charge is 0.321 e. The van der Waals surface area contributed by atoms with Crippen LogP contribution in [0.4, 0.5) is 20.6 Å². The first-order chi connectivity index (χ1) is 11.1. The summed E-state index contributed by atoms with van der Waals surface area (Å²) < 4.78 is 13.0. The molecule has 0 radical (unpaired) electrons. The van der Waals surface area contributed by atoms with Crippen LogP contribution in [0.2, 0.25) is 0 Å². The van der Waals surface area contributed by atoms with Crippen LogP contribution in [0.3, 0.4) is 0 Å². The Morgan fingerprint density at radius 2 is 1.74 bits per heavy atom. The highest BCUT2D eigenvalue weighted by molar-refractivity contribution is 5.94. The van der Waals surface area contributed by atoms with Gasteiger partial charge in [0.1, 0.15) is 5.82 Å². The van der Waals surface area contributed by atoms with Gasteiger partial charge in [-0.25, -0.2) is 9.18 Å². The first kappa shape index (κ1) is 14.1. The zero-order valence-corrected chi connectivity index (χ0v) is 12.6. The van der Waals surface area contributed by atoms with Crippen molar-refractivity contribution in [3.63, 3.8) is 0 Å². The monoisotopic (exact) mass is 311 g/mol. The number of carbonyl (C=O) groups is 1. The van der Waals surface area contributed by atoms with E-state index in [1.165, 1.54) is 18.6 Å². The number of nitrogens with one attached hydrogen (secondary N) is 1. The lowest BCUT2D eigenvalue weighted by atomic mass is 10.0. The van der Waals surface area contributed by atoms with Gasteiger partial charge in [-0.05, 0) is 53.6 Å². The minimum Gasteiger partial charge on any atom is -0.397 e. The maximum absolute atomic E-state index is 13.0. The third-order valence-corrected chi connectivity index (χ3v) is 4.74. The molecule has 2 fully saturated rings. The van der Waals surface area contributed by atoms with Crippen LogP contribution in [0.5, 0.6) is 0 Å². The number of amides is 2. The van der Waals surface area contributed by atoms with Gasteiger partial charge in [0.05, 0.1) is 11.4 Å². The van der Waals surface area contributed by atoms with Gasteiger partial charge in [0.2, 0.25) is 0 Å². The van der Waals surface area contributed by atoms with Crippen molar-refractivity contribution in [2.24, 2.45) is 11.8 Å². The van der Waals surface area contributed by atoms with E-state index in [1.807, 2.05) is 17.0 Å². The number of rotatable bonds is 2. The van der Waals surface area contributed by atoms with Gasteiger partial charge < -0.3 is 16.0 Å². The third-order valence-electron chi connectivity index (χ3n) is 4.74. The SMILES string of the molecule is Nc1ccc(-c2ccc(F)cc2)cc1NC(=O)N1CC2CC2C1. The molecule has 2 unspecified atom stereocenters. The van der Waals surface area contributed by atoms with Crippen molar-refractivity contribution in [2.75, 3.05) is 24.1 Å². The highest BCUT2D eigenvalue weighted by Gasteiger charge is 2.46. The number of nitrogens with two attached hydrogens (primary N) is 1. The Bertz CT molecular complexity index is 749. The van der Waals surface area contributed by atoms with Crippen LogP contribution in [-0.2, 0) is 0 Å². The summed E-state index contributed by atoms with van der Waals surface area (Å²) in [5.41, 5.74) is 8.86. The molecule has 4 nitrogen and oxygen atoms in total. The van der Waals surface area contributed by atoms with E-state index in [4.69, 9.17) is 5.73 Å². The molecular formula is C18H18FN3O. The molecule has 4 rings (SSSR count). The van der Waals surface area contributed by atoms with Gasteiger partial charge >= 0.3 is 6.03 Å². The Morgan fingerprint density at radius 3 is 2.43 bits per heavy atom. The van der Waals surface area contributed by atoms with E-state index in [2.05, 4.69) is 5.32 Å². The number of anilines is 2. The van der Waals surface area contributed by atoms with E-state index < -0.39 is 0 Å². The van der Waals surface area contributed by atoms with Crippen LogP contribution in [-0.4, -0.2) is 24.0 Å². The van der Waals surface area contributed by atoms with E-state index in [9.17, 15) is 9.18 Å². The number of hydrogen-bond acceptors (Lipinski definition) is 2. The van der Waals surface area contributed by atoms with Crippen LogP contribution < -0.4 is 11.1 Å². The normalized spacial score (nSPS) is 21.9. The summed E-state index contributed by atoms with van der Waals surface area (Å²) in [4.78, 5) is 14.2. The van der Waals surface area contributed by atoms with Crippen molar-refractivity contribution in [3.05, 3.63) is 48.3 Å². The lowest BCUT2D eigenvalue weighted by Gasteiger charge is -2.19. The Labute approximate surface area is 134 Å². The molecule has 5 heteroatoms. The molecule has 3 N–H and O–H groups in total. The van der Waals surface area contributed by atoms with Gasteiger partial charge in [-0.15, -0.1) is 0 Å². The average molecular weight is 311 g/mol. The zero-order valence-electron chi connectivity index (χ0n) is 12.6. The quantitative estimate of drug-likeness (QED) is 0.833. The first-order valence-corrected chi connectivity index (χ1v) is 7.81. The molecule has 1 aliphatic carbocycles. The van der Waals surface area contributed by atoms with Crippen LogP contribution in [0, 0.1) is 17.7 Å². The van der Waals surface area contributed by atoms with Gasteiger partial charge in [-0.3, -0.25) is 0 Å². The average Bonchev–Trinajstić information content (AvgIpc) is 3.16. The number of urea groups is 1. The number of piperidine rings is 1. The molecule has 1 aliphatic heterocycles. The predicted molar refractivity (Wildman–Crippen MR) is 88.4 cm³/mol. The minimum absolute atomic E-state index is 0.0971. The fraction of sp³-hybridized carbons (Fsp3) is 0.278. The molecule has 0 bridgehead atoms. The molecule has 0 aromatic heterocycles. The third kappa shape index (κ3) is 2.74. The molecule has 1 saturated carbocycles. The van der Waals surface area contributed by atoms with Gasteiger partial charge in [0.15, 0.2) is 0 Å². The lowest BCUT2D eigenvalue weighted by molar-refractivity contribution is 0.217. The van der Waals surface area contributed by atoms with E-state index in [0.717, 1.165) is 24.2 Å². The fourth-order valence-electron chi connectivity index (χ4n) is 3.24. The fourth-order valence-corrected chi connectivity index (χ4v) is 3.24. The van der Waals surface area contributed by atoms with Crippen molar-refractivity contribution in [1.82, 2.24) is 4.90 Å². The van der Waals surface area contributed by atoms with E-state index in [1.54, 1.807) is 18.2 Å². The molecular weight excluding hydrogens is 293 g/mol. The maximum Gasteiger partial charge on any atom is 0.321 e. The van der Waals surface area contributed by atoms with Crippen molar-refractivity contribution in [1.29, 1.82) is 0 Å². The highest BCUT2D eigenvalue weighted by atomic mass is 19.1. The number of hydrogen-bond donors (Lipinski definition) is 2. The molecule has 23 heavy (non-hydrogen) atoms. The Hall–Kier alpha value is -2.56. The topological polar surface area (TPSA) is 58.4 Å². The van der Waals surface area contributed by atoms with Crippen molar-refractivity contribution in [3.8, 4) is 11.1 Å². The molecule has 1 heterocycles. The second-order valence-corrected chi connectivity index (χ2v) is 6.40. The van der Waals surface area contributed by atoms with Crippen LogP contribution >= 0.6 is 0 Å². The lowest BCUT2D eigenvalue weighted by Crippen LogP contribution is -2.34. The highest BCUT2D eigenvalue weighted by Crippen LogP contribution is 2.45. The number of nitrogen functional groups attached to an aromatic ring is 1. The van der Waals surface area contributed by atoms with Gasteiger partial charge in [-0.1, -0.05) is 18.2 Å². The molecule has 2 aromatic carbocycles. The molecule has 2 aromatic rings. The van der Waals surface area contributed by atoms with Gasteiger partial charge in [0, 0.05) is 13.1 Å². The number of likely N-dealkylation sites (tertiary alicyclic amines) is 1. The zero-order chi connectivity index (χ0) is 16.0. The minimum atomic E-state index is -0.273. The van der Waals surface area contributed by atoms with Gasteiger partial charge in [-0.2, -0.15) is 0 Å². The van der Waals surface area contributed by atoms with E-state index >= 15 is 0 Å². The Kier molecular flexibility index (Phi) is 3.22. The second-order valence-electron chi connectivity index (χ2n) is 6.40. The molecule has 2 amide bonds. The molecule has 2 atom stereocenters. The summed E-state index contributed by atoms with van der Waals surface area (Å²) in [6.45, 7) is 1.68. The van der Waals surface area contributed by atoms with E-state index in [0.29, 0.717) is 23.2 Å². The van der Waals surface area contributed by atoms with Crippen molar-refractivity contribution in [2.45, 2.75) is 6.42 Å². The maximum atomic E-state index is 13.0. The first-order valence-electron chi connectivity index (χ1n) is 7.81.